The van der Waals surface area contributed by atoms with Crippen molar-refractivity contribution in [1.82, 2.24) is 4.98 Å². The van der Waals surface area contributed by atoms with Crippen molar-refractivity contribution in [2.45, 2.75) is 6.92 Å². The van der Waals surface area contributed by atoms with Crippen LogP contribution in [0.5, 0.6) is 0 Å². The van der Waals surface area contributed by atoms with Gasteiger partial charge in [0.25, 0.3) is 5.24 Å². The lowest BCUT2D eigenvalue weighted by Crippen LogP contribution is -1.96. The SMILES string of the molecule is Cc1cc(C#N)ncc1C(=O)Cl. The molecule has 0 unspecified atom stereocenters. The smallest absolute Gasteiger partial charge is 0.254 e. The minimum absolute atomic E-state index is 0.286. The molecule has 0 aromatic carbocycles. The summed E-state index contributed by atoms with van der Waals surface area (Å²) in [6.07, 6.45) is 1.31. The Balaban J connectivity index is 3.23. The first kappa shape index (κ1) is 8.69. The molecule has 0 saturated carbocycles. The molecule has 0 saturated heterocycles. The molecule has 0 aliphatic carbocycles. The lowest BCUT2D eigenvalue weighted by atomic mass is 10.1. The van der Waals surface area contributed by atoms with Crippen LogP contribution in [0, 0.1) is 18.3 Å². The van der Waals surface area contributed by atoms with Gasteiger partial charge in [-0.15, -0.1) is 0 Å². The van der Waals surface area contributed by atoms with Crippen molar-refractivity contribution in [2.24, 2.45) is 0 Å². The molecule has 1 aromatic rings. The van der Waals surface area contributed by atoms with E-state index in [0.717, 1.165) is 0 Å². The zero-order valence-corrected chi connectivity index (χ0v) is 7.09. The Morgan fingerprint density at radius 3 is 2.83 bits per heavy atom. The number of nitriles is 1. The number of halogens is 1. The molecule has 0 spiro atoms. The number of nitrogens with zero attached hydrogens (tertiary/aromatic N) is 2. The molecule has 0 amide bonds. The van der Waals surface area contributed by atoms with E-state index in [1.165, 1.54) is 12.3 Å². The van der Waals surface area contributed by atoms with E-state index in [9.17, 15) is 4.79 Å². The molecule has 1 heterocycles. The van der Waals surface area contributed by atoms with Crippen LogP contribution in [-0.2, 0) is 0 Å². The number of aromatic nitrogens is 1. The van der Waals surface area contributed by atoms with Gasteiger partial charge in [0.2, 0.25) is 0 Å². The average molecular weight is 181 g/mol. The Bertz CT molecular complexity index is 368. The largest absolute Gasteiger partial charge is 0.276 e. The van der Waals surface area contributed by atoms with Crippen molar-refractivity contribution < 1.29 is 4.79 Å². The number of hydrogen-bond acceptors (Lipinski definition) is 3. The van der Waals surface area contributed by atoms with Crippen LogP contribution in [0.15, 0.2) is 12.3 Å². The van der Waals surface area contributed by atoms with E-state index < -0.39 is 5.24 Å². The van der Waals surface area contributed by atoms with E-state index in [0.29, 0.717) is 11.1 Å². The molecule has 0 bridgehead atoms. The number of carbonyl (C=O) groups excluding carboxylic acids is 1. The topological polar surface area (TPSA) is 53.8 Å². The summed E-state index contributed by atoms with van der Waals surface area (Å²) >= 11 is 5.24. The summed E-state index contributed by atoms with van der Waals surface area (Å²) in [7, 11) is 0. The maximum absolute atomic E-state index is 10.7. The molecule has 4 heteroatoms. The molecule has 0 atom stereocenters. The van der Waals surface area contributed by atoms with E-state index in [2.05, 4.69) is 4.98 Å². The van der Waals surface area contributed by atoms with E-state index in [1.807, 2.05) is 6.07 Å². The molecule has 60 valence electrons. The van der Waals surface area contributed by atoms with Crippen molar-refractivity contribution in [1.29, 1.82) is 5.26 Å². The third-order valence-corrected chi connectivity index (χ3v) is 1.64. The predicted octanol–water partition coefficient (Wildman–Crippen LogP) is 1.64. The summed E-state index contributed by atoms with van der Waals surface area (Å²) in [5.41, 5.74) is 1.30. The Hall–Kier alpha value is -1.40. The minimum Gasteiger partial charge on any atom is -0.276 e. The lowest BCUT2D eigenvalue weighted by molar-refractivity contribution is 0.108. The highest BCUT2D eigenvalue weighted by Crippen LogP contribution is 2.09. The maximum Gasteiger partial charge on any atom is 0.254 e. The maximum atomic E-state index is 10.7. The second-order valence-electron chi connectivity index (χ2n) is 2.27. The number of aryl methyl sites for hydroxylation is 1. The van der Waals surface area contributed by atoms with Gasteiger partial charge in [0.1, 0.15) is 11.8 Å². The summed E-state index contributed by atoms with van der Waals surface area (Å²) in [5.74, 6) is 0. The van der Waals surface area contributed by atoms with Gasteiger partial charge in [-0.3, -0.25) is 4.79 Å². The standard InChI is InChI=1S/C8H5ClN2O/c1-5-2-6(3-10)11-4-7(5)8(9)12/h2,4H,1H3. The van der Waals surface area contributed by atoms with Crippen LogP contribution in [0.25, 0.3) is 0 Å². The van der Waals surface area contributed by atoms with Gasteiger partial charge >= 0.3 is 0 Å². The van der Waals surface area contributed by atoms with E-state index in [-0.39, 0.29) is 5.69 Å². The monoisotopic (exact) mass is 180 g/mol. The molecule has 3 nitrogen and oxygen atoms in total. The highest BCUT2D eigenvalue weighted by molar-refractivity contribution is 6.67. The second kappa shape index (κ2) is 3.33. The van der Waals surface area contributed by atoms with Crippen molar-refractivity contribution >= 4 is 16.8 Å². The van der Waals surface area contributed by atoms with Gasteiger partial charge in [-0.05, 0) is 30.2 Å². The average Bonchev–Trinajstić information content (AvgIpc) is 2.03. The molecule has 1 rings (SSSR count). The predicted molar refractivity (Wildman–Crippen MR) is 43.9 cm³/mol. The fourth-order valence-corrected chi connectivity index (χ4v) is 1.02. The molecule has 0 radical (unpaired) electrons. The van der Waals surface area contributed by atoms with Gasteiger partial charge in [-0.2, -0.15) is 5.26 Å². The Kier molecular flexibility index (Phi) is 2.41. The van der Waals surface area contributed by atoms with Gasteiger partial charge in [0.05, 0.1) is 5.56 Å². The van der Waals surface area contributed by atoms with Crippen LogP contribution in [0.3, 0.4) is 0 Å². The van der Waals surface area contributed by atoms with Crippen LogP contribution < -0.4 is 0 Å². The third-order valence-electron chi connectivity index (χ3n) is 1.44. The van der Waals surface area contributed by atoms with Gasteiger partial charge in [-0.1, -0.05) is 0 Å². The number of rotatable bonds is 1. The quantitative estimate of drug-likeness (QED) is 0.618. The molecular formula is C8H5ClN2O. The highest BCUT2D eigenvalue weighted by Gasteiger charge is 2.06. The van der Waals surface area contributed by atoms with E-state index in [1.54, 1.807) is 6.92 Å². The summed E-state index contributed by atoms with van der Waals surface area (Å²) < 4.78 is 0. The van der Waals surface area contributed by atoms with Crippen LogP contribution in [-0.4, -0.2) is 10.2 Å². The Labute approximate surface area is 74.6 Å². The number of hydrogen-bond donors (Lipinski definition) is 0. The highest BCUT2D eigenvalue weighted by atomic mass is 35.5. The third kappa shape index (κ3) is 1.60. The van der Waals surface area contributed by atoms with Crippen molar-refractivity contribution in [3.05, 3.63) is 29.1 Å². The summed E-state index contributed by atoms with van der Waals surface area (Å²) in [6.45, 7) is 1.71. The van der Waals surface area contributed by atoms with Gasteiger partial charge in [0.15, 0.2) is 0 Å². The van der Waals surface area contributed by atoms with Crippen molar-refractivity contribution in [3.8, 4) is 6.07 Å². The second-order valence-corrected chi connectivity index (χ2v) is 2.61. The zero-order chi connectivity index (χ0) is 9.14. The lowest BCUT2D eigenvalue weighted by Gasteiger charge is -1.97. The van der Waals surface area contributed by atoms with Gasteiger partial charge in [-0.25, -0.2) is 4.98 Å². The number of pyridine rings is 1. The summed E-state index contributed by atoms with van der Waals surface area (Å²) in [6, 6.07) is 3.39. The van der Waals surface area contributed by atoms with Crippen molar-refractivity contribution in [3.63, 3.8) is 0 Å². The zero-order valence-electron chi connectivity index (χ0n) is 6.34. The molecule has 0 N–H and O–H groups in total. The number of carbonyl (C=O) groups is 1. The minimum atomic E-state index is -0.551. The molecule has 0 fully saturated rings. The normalized spacial score (nSPS) is 9.08. The van der Waals surface area contributed by atoms with Crippen LogP contribution >= 0.6 is 11.6 Å². The Morgan fingerprint density at radius 1 is 1.75 bits per heavy atom. The van der Waals surface area contributed by atoms with E-state index in [4.69, 9.17) is 16.9 Å². The van der Waals surface area contributed by atoms with Gasteiger partial charge < -0.3 is 0 Å². The van der Waals surface area contributed by atoms with Crippen LogP contribution in [0.2, 0.25) is 0 Å². The van der Waals surface area contributed by atoms with E-state index >= 15 is 0 Å². The van der Waals surface area contributed by atoms with Crippen molar-refractivity contribution in [2.75, 3.05) is 0 Å². The molecule has 0 aliphatic rings. The van der Waals surface area contributed by atoms with Crippen LogP contribution in [0.4, 0.5) is 0 Å². The molecule has 12 heavy (non-hydrogen) atoms. The first-order chi connectivity index (χ1) is 5.65. The van der Waals surface area contributed by atoms with Crippen LogP contribution in [0.1, 0.15) is 21.6 Å². The summed E-state index contributed by atoms with van der Waals surface area (Å²) in [5, 5.41) is 7.91. The molecular weight excluding hydrogens is 176 g/mol. The Morgan fingerprint density at radius 2 is 2.42 bits per heavy atom. The molecule has 0 aliphatic heterocycles. The fourth-order valence-electron chi connectivity index (χ4n) is 0.823. The molecule has 1 aromatic heterocycles. The first-order valence-electron chi connectivity index (χ1n) is 3.21. The fraction of sp³-hybridized carbons (Fsp3) is 0.125. The van der Waals surface area contributed by atoms with Gasteiger partial charge in [0, 0.05) is 6.20 Å². The first-order valence-corrected chi connectivity index (χ1v) is 3.59. The summed E-state index contributed by atoms with van der Waals surface area (Å²) in [4.78, 5) is 14.4.